The van der Waals surface area contributed by atoms with E-state index in [0.29, 0.717) is 19.3 Å². The molecule has 4 rings (SSSR count). The first kappa shape index (κ1) is 34.7. The molecule has 0 amide bonds. The van der Waals surface area contributed by atoms with Gasteiger partial charge in [0.1, 0.15) is 0 Å². The predicted octanol–water partition coefficient (Wildman–Crippen LogP) is 6.24. The van der Waals surface area contributed by atoms with Crippen LogP contribution in [-0.4, -0.2) is 13.7 Å². The second-order valence-electron chi connectivity index (χ2n) is 18.8. The van der Waals surface area contributed by atoms with Gasteiger partial charge in [-0.2, -0.15) is 15.8 Å². The van der Waals surface area contributed by atoms with E-state index in [2.05, 4.69) is 80.5 Å². The molecule has 0 N–H and O–H groups in total. The van der Waals surface area contributed by atoms with Crippen LogP contribution in [0.25, 0.3) is 0 Å². The molecule has 1 aromatic heterocycles. The fourth-order valence-corrected chi connectivity index (χ4v) is 10.8. The van der Waals surface area contributed by atoms with Gasteiger partial charge in [-0.05, 0) is 90.3 Å². The third-order valence-corrected chi connectivity index (χ3v) is 10.9. The summed E-state index contributed by atoms with van der Waals surface area (Å²) < 4.78 is 3.78. The molecular weight excluding hydrogens is 564 g/mol. The highest BCUT2D eigenvalue weighted by molar-refractivity contribution is 5.03. The summed E-state index contributed by atoms with van der Waals surface area (Å²) in [5.74, 6) is -0.541. The van der Waals surface area contributed by atoms with Gasteiger partial charge in [0.25, 0.3) is 0 Å². The smallest absolute Gasteiger partial charge is 0.247 e. The predicted molar refractivity (Wildman–Crippen MR) is 174 cm³/mol. The average Bonchev–Trinajstić information content (AvgIpc) is 2.88. The van der Waals surface area contributed by atoms with Gasteiger partial charge in [-0.1, -0.05) is 62.3 Å². The molecule has 6 unspecified atom stereocenters. The molecule has 0 aliphatic heterocycles. The zero-order valence-electron chi connectivity index (χ0n) is 29.1. The molecule has 0 radical (unpaired) electrons. The lowest BCUT2D eigenvalue weighted by Gasteiger charge is -2.46. The molecule has 9 nitrogen and oxygen atoms in total. The van der Waals surface area contributed by atoms with E-state index in [0.717, 1.165) is 38.5 Å². The van der Waals surface area contributed by atoms with Gasteiger partial charge in [-0.15, -0.1) is 0 Å². The number of rotatable bonds is 6. The molecule has 0 bridgehead atoms. The lowest BCUT2D eigenvalue weighted by atomic mass is 9.61. The van der Waals surface area contributed by atoms with Crippen molar-refractivity contribution in [2.75, 3.05) is 0 Å². The number of nitrogens with zero attached hydrogens (tertiary/aromatic N) is 6. The molecule has 1 aromatic rings. The maximum Gasteiger partial charge on any atom is 0.336 e. The second kappa shape index (κ2) is 11.6. The van der Waals surface area contributed by atoms with Gasteiger partial charge in [0.05, 0.1) is 18.2 Å². The summed E-state index contributed by atoms with van der Waals surface area (Å²) in [6.45, 7) is 19.3. The highest BCUT2D eigenvalue weighted by atomic mass is 16.2. The Labute approximate surface area is 268 Å². The quantitative estimate of drug-likeness (QED) is 0.370. The number of hydrogen-bond acceptors (Lipinski definition) is 6. The summed E-state index contributed by atoms with van der Waals surface area (Å²) in [6.07, 6.45) is 6.24. The first-order valence-electron chi connectivity index (χ1n) is 16.7. The van der Waals surface area contributed by atoms with Crippen molar-refractivity contribution in [1.29, 1.82) is 15.8 Å². The molecule has 9 heteroatoms. The van der Waals surface area contributed by atoms with Crippen LogP contribution in [0.1, 0.15) is 120 Å². The van der Waals surface area contributed by atoms with Crippen LogP contribution < -0.4 is 17.1 Å². The van der Waals surface area contributed by atoms with Crippen molar-refractivity contribution in [3.05, 3.63) is 31.5 Å². The zero-order valence-corrected chi connectivity index (χ0v) is 29.1. The average molecular weight is 619 g/mol. The van der Waals surface area contributed by atoms with Crippen molar-refractivity contribution in [2.45, 2.75) is 140 Å². The van der Waals surface area contributed by atoms with E-state index >= 15 is 0 Å². The molecule has 3 fully saturated rings. The Morgan fingerprint density at radius 3 is 0.911 bits per heavy atom. The molecule has 6 atom stereocenters. The SMILES string of the molecule is CC1(C)CC(C#N)CC(C)(Cn2c(=O)n(CC3(C)CC(C#N)CC(C)(C)C3)c(=O)n(CC3(C)CC(C#N)CC(C)(C)C3)c2=O)C1. The summed E-state index contributed by atoms with van der Waals surface area (Å²) in [6, 6.07) is 7.31. The highest BCUT2D eigenvalue weighted by Crippen LogP contribution is 2.51. The van der Waals surface area contributed by atoms with E-state index in [4.69, 9.17) is 0 Å². The maximum atomic E-state index is 14.3. The first-order valence-corrected chi connectivity index (χ1v) is 16.7. The minimum absolute atomic E-state index is 0.124. The van der Waals surface area contributed by atoms with E-state index in [-0.39, 0.29) is 53.6 Å². The Morgan fingerprint density at radius 2 is 0.711 bits per heavy atom. The number of hydrogen-bond donors (Lipinski definition) is 0. The maximum absolute atomic E-state index is 14.3. The minimum Gasteiger partial charge on any atom is -0.247 e. The van der Waals surface area contributed by atoms with Crippen LogP contribution >= 0.6 is 0 Å². The molecule has 0 saturated heterocycles. The van der Waals surface area contributed by atoms with Crippen molar-refractivity contribution < 1.29 is 0 Å². The van der Waals surface area contributed by atoms with E-state index in [9.17, 15) is 30.2 Å². The summed E-state index contributed by atoms with van der Waals surface area (Å²) in [5.41, 5.74) is -3.70. The van der Waals surface area contributed by atoms with Gasteiger partial charge in [-0.25, -0.2) is 28.1 Å². The normalized spacial score (nSPS) is 35.5. The van der Waals surface area contributed by atoms with Crippen LogP contribution in [-0.2, 0) is 19.6 Å². The monoisotopic (exact) mass is 618 g/mol. The molecule has 1 heterocycles. The molecule has 3 aliphatic carbocycles. The molecule has 0 aromatic carbocycles. The van der Waals surface area contributed by atoms with E-state index in [1.54, 1.807) is 0 Å². The van der Waals surface area contributed by atoms with Gasteiger partial charge in [0.15, 0.2) is 0 Å². The summed E-state index contributed by atoms with van der Waals surface area (Å²) in [7, 11) is 0. The van der Waals surface area contributed by atoms with Gasteiger partial charge in [-0.3, -0.25) is 0 Å². The van der Waals surface area contributed by atoms with Crippen molar-refractivity contribution in [2.24, 2.45) is 50.2 Å². The van der Waals surface area contributed by atoms with E-state index in [1.165, 1.54) is 13.7 Å². The molecule has 3 saturated carbocycles. The fraction of sp³-hybridized carbons (Fsp3) is 0.833. The van der Waals surface area contributed by atoms with Crippen molar-refractivity contribution in [3.63, 3.8) is 0 Å². The number of nitriles is 3. The summed E-state index contributed by atoms with van der Waals surface area (Å²) >= 11 is 0. The van der Waals surface area contributed by atoms with Crippen LogP contribution in [0.5, 0.6) is 0 Å². The summed E-state index contributed by atoms with van der Waals surface area (Å²) in [4.78, 5) is 43.0. The Kier molecular flexibility index (Phi) is 8.95. The molecule has 0 spiro atoms. The lowest BCUT2D eigenvalue weighted by molar-refractivity contribution is 0.0427. The standard InChI is InChI=1S/C36H54N6O3/c1-31(2)10-25(16-37)13-34(7,19-31)22-40-28(43)41(23-35(8)14-26(17-38)11-32(3,4)20-35)30(45)42(29(40)44)24-36(9)15-27(18-39)12-33(5,6)21-36/h25-27H,10-15,19-24H2,1-9H3. The van der Waals surface area contributed by atoms with Gasteiger partial charge >= 0.3 is 17.1 Å². The van der Waals surface area contributed by atoms with Gasteiger partial charge in [0, 0.05) is 37.4 Å². The molecule has 3 aliphatic rings. The van der Waals surface area contributed by atoms with E-state index in [1.807, 2.05) is 0 Å². The Hall–Kier alpha value is -3.12. The zero-order chi connectivity index (χ0) is 33.8. The van der Waals surface area contributed by atoms with E-state index < -0.39 is 33.3 Å². The Bertz CT molecular complexity index is 1400. The van der Waals surface area contributed by atoms with Crippen LogP contribution in [0.2, 0.25) is 0 Å². The Balaban J connectivity index is 1.87. The van der Waals surface area contributed by atoms with Crippen LogP contribution in [0.15, 0.2) is 14.4 Å². The van der Waals surface area contributed by atoms with Gasteiger partial charge in [0.2, 0.25) is 0 Å². The van der Waals surface area contributed by atoms with Crippen molar-refractivity contribution in [1.82, 2.24) is 13.7 Å². The third-order valence-electron chi connectivity index (χ3n) is 10.9. The lowest BCUT2D eigenvalue weighted by Crippen LogP contribution is -2.59. The van der Waals surface area contributed by atoms with Crippen LogP contribution in [0, 0.1) is 84.2 Å². The van der Waals surface area contributed by atoms with Crippen LogP contribution in [0.4, 0.5) is 0 Å². The molecular formula is C36H54N6O3. The van der Waals surface area contributed by atoms with Crippen LogP contribution in [0.3, 0.4) is 0 Å². The van der Waals surface area contributed by atoms with Crippen molar-refractivity contribution in [3.8, 4) is 18.2 Å². The highest BCUT2D eigenvalue weighted by Gasteiger charge is 2.46. The van der Waals surface area contributed by atoms with Crippen molar-refractivity contribution >= 4 is 0 Å². The fourth-order valence-electron chi connectivity index (χ4n) is 10.8. The third kappa shape index (κ3) is 7.65. The Morgan fingerprint density at radius 1 is 0.489 bits per heavy atom. The number of aromatic nitrogens is 3. The topological polar surface area (TPSA) is 137 Å². The first-order chi connectivity index (χ1) is 20.6. The molecule has 45 heavy (non-hydrogen) atoms. The minimum atomic E-state index is -0.610. The largest absolute Gasteiger partial charge is 0.336 e. The second-order valence-corrected chi connectivity index (χ2v) is 18.8. The van der Waals surface area contributed by atoms with Gasteiger partial charge < -0.3 is 0 Å². The molecule has 246 valence electrons. The summed E-state index contributed by atoms with van der Waals surface area (Å²) in [5, 5.41) is 29.6.